The first-order valence-corrected chi connectivity index (χ1v) is 11.4. The molecule has 0 bridgehead atoms. The standard InChI is InChI=1S/C25H24F2N6O3/c26-19-14-17(16-9-12-35-13-10-16)6-7-20(19)32-15-22(36-25(27,28)29)24(34)23(31-32)21-8-11-30-33(21)18-4-2-1-3-5-18/h1-8,11,14-16H,9-10,12-13,28-29H2. The van der Waals surface area contributed by atoms with Gasteiger partial charge in [0.15, 0.2) is 11.4 Å². The number of nitrogens with two attached hydrogens (primary N) is 2. The molecule has 2 aromatic carbocycles. The molecule has 0 aliphatic carbocycles. The fourth-order valence-electron chi connectivity index (χ4n) is 4.25. The van der Waals surface area contributed by atoms with E-state index in [1.165, 1.54) is 16.9 Å². The van der Waals surface area contributed by atoms with E-state index in [9.17, 15) is 9.18 Å². The average Bonchev–Trinajstić information content (AvgIpc) is 3.35. The summed E-state index contributed by atoms with van der Waals surface area (Å²) in [6, 6.07) is 15.4. The Balaban J connectivity index is 1.63. The van der Waals surface area contributed by atoms with Gasteiger partial charge in [-0.2, -0.15) is 14.6 Å². The summed E-state index contributed by atoms with van der Waals surface area (Å²) in [5.41, 5.74) is 11.2. The van der Waals surface area contributed by atoms with Gasteiger partial charge in [0.1, 0.15) is 11.5 Å². The first-order valence-electron chi connectivity index (χ1n) is 11.4. The Hall–Kier alpha value is -3.93. The second-order valence-corrected chi connectivity index (χ2v) is 8.48. The highest BCUT2D eigenvalue weighted by atomic mass is 19.2. The number of halogens is 2. The van der Waals surface area contributed by atoms with E-state index in [0.29, 0.717) is 18.9 Å². The summed E-state index contributed by atoms with van der Waals surface area (Å²) in [5.74, 6) is -0.933. The molecule has 186 valence electrons. The molecule has 4 aromatic rings. The van der Waals surface area contributed by atoms with Crippen molar-refractivity contribution in [1.29, 1.82) is 0 Å². The molecule has 0 radical (unpaired) electrons. The van der Waals surface area contributed by atoms with Crippen molar-refractivity contribution in [2.75, 3.05) is 13.2 Å². The summed E-state index contributed by atoms with van der Waals surface area (Å²) >= 11 is 0. The third-order valence-electron chi connectivity index (χ3n) is 5.95. The van der Waals surface area contributed by atoms with Crippen LogP contribution in [0.2, 0.25) is 0 Å². The van der Waals surface area contributed by atoms with Crippen molar-refractivity contribution in [3.05, 3.63) is 88.6 Å². The zero-order chi connectivity index (χ0) is 25.3. The Morgan fingerprint density at radius 3 is 2.53 bits per heavy atom. The lowest BCUT2D eigenvalue weighted by atomic mass is 9.91. The normalized spacial score (nSPS) is 14.7. The number of alkyl halides is 1. The number of rotatable bonds is 6. The van der Waals surface area contributed by atoms with Crippen LogP contribution < -0.4 is 21.6 Å². The van der Waals surface area contributed by atoms with Crippen LogP contribution in [0.5, 0.6) is 5.75 Å². The SMILES string of the molecule is NC(N)(F)Oc1cn(-c2ccc(C3CCOCC3)cc2F)nc(-c2ccnn2-c2ccccc2)c1=O. The van der Waals surface area contributed by atoms with Gasteiger partial charge < -0.3 is 9.47 Å². The van der Waals surface area contributed by atoms with Crippen LogP contribution >= 0.6 is 0 Å². The molecule has 1 saturated heterocycles. The van der Waals surface area contributed by atoms with Crippen LogP contribution in [-0.4, -0.2) is 38.9 Å². The number of benzene rings is 2. The van der Waals surface area contributed by atoms with Crippen LogP contribution in [0.1, 0.15) is 24.3 Å². The van der Waals surface area contributed by atoms with Gasteiger partial charge in [0.05, 0.1) is 23.8 Å². The molecule has 11 heteroatoms. The lowest BCUT2D eigenvalue weighted by Gasteiger charge is -2.23. The quantitative estimate of drug-likeness (QED) is 0.312. The first-order chi connectivity index (χ1) is 17.3. The minimum Gasteiger partial charge on any atom is -0.427 e. The predicted molar refractivity (Wildman–Crippen MR) is 128 cm³/mol. The molecular weight excluding hydrogens is 470 g/mol. The first kappa shape index (κ1) is 23.8. The number of aromatic nitrogens is 4. The van der Waals surface area contributed by atoms with Crippen LogP contribution in [0.25, 0.3) is 22.8 Å². The van der Waals surface area contributed by atoms with E-state index in [4.69, 9.17) is 20.9 Å². The second kappa shape index (κ2) is 9.61. The maximum atomic E-state index is 15.3. The zero-order valence-electron chi connectivity index (χ0n) is 19.2. The highest BCUT2D eigenvalue weighted by molar-refractivity contribution is 5.59. The van der Waals surface area contributed by atoms with Crippen molar-refractivity contribution in [3.63, 3.8) is 0 Å². The highest BCUT2D eigenvalue weighted by Gasteiger charge is 2.26. The fourth-order valence-corrected chi connectivity index (χ4v) is 4.25. The number of ether oxygens (including phenoxy) is 2. The molecule has 0 spiro atoms. The summed E-state index contributed by atoms with van der Waals surface area (Å²) in [5, 5.41) is 8.64. The van der Waals surface area contributed by atoms with Crippen LogP contribution in [0.4, 0.5) is 8.78 Å². The Labute approximate surface area is 204 Å². The summed E-state index contributed by atoms with van der Waals surface area (Å²) in [4.78, 5) is 13.2. The fraction of sp³-hybridized carbons (Fsp3) is 0.240. The van der Waals surface area contributed by atoms with E-state index in [0.717, 1.165) is 29.3 Å². The topological polar surface area (TPSA) is 123 Å². The van der Waals surface area contributed by atoms with Crippen molar-refractivity contribution in [2.45, 2.75) is 24.9 Å². The molecule has 2 aromatic heterocycles. The maximum Gasteiger partial charge on any atom is 0.367 e. The van der Waals surface area contributed by atoms with Crippen molar-refractivity contribution in [2.24, 2.45) is 11.5 Å². The Kier molecular flexibility index (Phi) is 6.35. The third-order valence-corrected chi connectivity index (χ3v) is 5.95. The lowest BCUT2D eigenvalue weighted by molar-refractivity contribution is -0.0514. The van der Waals surface area contributed by atoms with Gasteiger partial charge in [0.2, 0.25) is 0 Å². The molecule has 0 unspecified atom stereocenters. The molecule has 1 aliphatic heterocycles. The molecule has 36 heavy (non-hydrogen) atoms. The highest BCUT2D eigenvalue weighted by Crippen LogP contribution is 2.29. The Bertz CT molecular complexity index is 1430. The van der Waals surface area contributed by atoms with Gasteiger partial charge in [-0.25, -0.2) is 13.8 Å². The molecule has 5 rings (SSSR count). The van der Waals surface area contributed by atoms with Gasteiger partial charge in [-0.05, 0) is 54.7 Å². The smallest absolute Gasteiger partial charge is 0.367 e. The van der Waals surface area contributed by atoms with Crippen LogP contribution in [0.15, 0.2) is 71.8 Å². The number of para-hydroxylation sites is 1. The van der Waals surface area contributed by atoms with E-state index >= 15 is 4.39 Å². The van der Waals surface area contributed by atoms with Crippen molar-refractivity contribution >= 4 is 0 Å². The van der Waals surface area contributed by atoms with Gasteiger partial charge in [-0.1, -0.05) is 24.3 Å². The van der Waals surface area contributed by atoms with Crippen molar-refractivity contribution in [1.82, 2.24) is 19.6 Å². The number of hydrogen-bond donors (Lipinski definition) is 2. The molecule has 1 fully saturated rings. The van der Waals surface area contributed by atoms with E-state index in [-0.39, 0.29) is 23.0 Å². The van der Waals surface area contributed by atoms with Gasteiger partial charge >= 0.3 is 6.10 Å². The molecule has 9 nitrogen and oxygen atoms in total. The van der Waals surface area contributed by atoms with Gasteiger partial charge in [-0.15, -0.1) is 0 Å². The van der Waals surface area contributed by atoms with Gasteiger partial charge in [0, 0.05) is 13.2 Å². The van der Waals surface area contributed by atoms with Crippen LogP contribution in [0.3, 0.4) is 0 Å². The van der Waals surface area contributed by atoms with Crippen molar-refractivity contribution < 1.29 is 18.3 Å². The molecule has 0 saturated carbocycles. The van der Waals surface area contributed by atoms with E-state index in [2.05, 4.69) is 10.2 Å². The molecule has 0 amide bonds. The maximum absolute atomic E-state index is 15.3. The number of nitrogens with zero attached hydrogens (tertiary/aromatic N) is 4. The monoisotopic (exact) mass is 494 g/mol. The molecular formula is C25H24F2N6O3. The van der Waals surface area contributed by atoms with Crippen LogP contribution in [0, 0.1) is 5.82 Å². The predicted octanol–water partition coefficient (Wildman–Crippen LogP) is 3.00. The lowest BCUT2D eigenvalue weighted by Crippen LogP contribution is -2.51. The Morgan fingerprint density at radius 2 is 1.83 bits per heavy atom. The van der Waals surface area contributed by atoms with E-state index in [1.807, 2.05) is 18.2 Å². The average molecular weight is 495 g/mol. The zero-order valence-corrected chi connectivity index (χ0v) is 19.2. The molecule has 4 N–H and O–H groups in total. The van der Waals surface area contributed by atoms with Gasteiger partial charge in [-0.3, -0.25) is 16.3 Å². The second-order valence-electron chi connectivity index (χ2n) is 8.48. The molecule has 0 atom stereocenters. The minimum atomic E-state index is -3.14. The summed E-state index contributed by atoms with van der Waals surface area (Å²) in [6.07, 6.45) is 0.991. The van der Waals surface area contributed by atoms with Crippen molar-refractivity contribution in [3.8, 4) is 28.5 Å². The molecule has 1 aliphatic rings. The summed E-state index contributed by atoms with van der Waals surface area (Å²) < 4.78 is 42.2. The number of hydrogen-bond acceptors (Lipinski definition) is 7. The summed E-state index contributed by atoms with van der Waals surface area (Å²) in [6.45, 7) is 1.25. The van der Waals surface area contributed by atoms with Crippen LogP contribution in [-0.2, 0) is 4.74 Å². The third kappa shape index (κ3) is 4.89. The van der Waals surface area contributed by atoms with Gasteiger partial charge in [0.25, 0.3) is 5.43 Å². The van der Waals surface area contributed by atoms with E-state index < -0.39 is 23.1 Å². The largest absolute Gasteiger partial charge is 0.427 e. The summed E-state index contributed by atoms with van der Waals surface area (Å²) in [7, 11) is 0. The molecule has 3 heterocycles. The minimum absolute atomic E-state index is 0.0289. The Morgan fingerprint density at radius 1 is 1.08 bits per heavy atom. The van der Waals surface area contributed by atoms with E-state index in [1.54, 1.807) is 30.3 Å².